The summed E-state index contributed by atoms with van der Waals surface area (Å²) in [6.45, 7) is 9.75. The minimum absolute atomic E-state index is 0.133. The van der Waals surface area contributed by atoms with Gasteiger partial charge < -0.3 is 14.3 Å². The van der Waals surface area contributed by atoms with Crippen molar-refractivity contribution in [1.29, 1.82) is 0 Å². The molecule has 0 radical (unpaired) electrons. The zero-order valence-corrected chi connectivity index (χ0v) is 34.2. The van der Waals surface area contributed by atoms with Gasteiger partial charge in [-0.2, -0.15) is 0 Å². The number of anilines is 1. The van der Waals surface area contributed by atoms with E-state index in [-0.39, 0.29) is 34.6 Å². The highest BCUT2D eigenvalue weighted by molar-refractivity contribution is 9.10. The minimum Gasteiger partial charge on any atom is -0.507 e. The van der Waals surface area contributed by atoms with Gasteiger partial charge in [-0.25, -0.2) is 0 Å². The summed E-state index contributed by atoms with van der Waals surface area (Å²) >= 11 is 3.55. The zero-order chi connectivity index (χ0) is 38.0. The molecule has 4 atom stereocenters. The number of benzene rings is 4. The quantitative estimate of drug-likeness (QED) is 0.0879. The van der Waals surface area contributed by atoms with Crippen molar-refractivity contribution in [2.75, 3.05) is 18.1 Å². The molecule has 0 unspecified atom stereocenters. The molecule has 1 aliphatic carbocycles. The second-order valence-electron chi connectivity index (χ2n) is 15.9. The maximum atomic E-state index is 14.3. The number of aromatic hydroxyl groups is 1. The third-order valence-electron chi connectivity index (χ3n) is 11.6. The molecule has 2 saturated heterocycles. The number of amides is 2. The number of imide groups is 1. The number of carbonyl (C=O) groups excluding carboxylic acids is 2. The van der Waals surface area contributed by atoms with Gasteiger partial charge >= 0.3 is 0 Å². The maximum Gasteiger partial charge on any atom is 0.261 e. The fourth-order valence-corrected chi connectivity index (χ4v) is 14.1. The summed E-state index contributed by atoms with van der Waals surface area (Å²) in [5, 5.41) is 12.8. The molecular formula is C46H50BrNO5Si. The highest BCUT2D eigenvalue weighted by Gasteiger charge is 2.58. The van der Waals surface area contributed by atoms with Crippen LogP contribution in [0.1, 0.15) is 65.4 Å². The first kappa shape index (κ1) is 38.2. The molecule has 2 amide bonds. The van der Waals surface area contributed by atoms with Crippen LogP contribution in [0.25, 0.3) is 6.08 Å². The van der Waals surface area contributed by atoms with Crippen molar-refractivity contribution in [2.24, 2.45) is 17.8 Å². The topological polar surface area (TPSA) is 76.1 Å². The molecular weight excluding hydrogens is 754 g/mol. The third kappa shape index (κ3) is 7.21. The normalized spacial score (nSPS) is 21.8. The molecule has 0 aromatic heterocycles. The average molecular weight is 805 g/mol. The van der Waals surface area contributed by atoms with Gasteiger partial charge in [0.05, 0.1) is 36.8 Å². The van der Waals surface area contributed by atoms with E-state index in [1.54, 1.807) is 6.07 Å². The van der Waals surface area contributed by atoms with Crippen LogP contribution in [-0.2, 0) is 18.8 Å². The van der Waals surface area contributed by atoms with E-state index in [1.165, 1.54) is 20.8 Å². The Labute approximate surface area is 329 Å². The van der Waals surface area contributed by atoms with Crippen LogP contribution in [0.15, 0.2) is 130 Å². The molecule has 2 heterocycles. The minimum atomic E-state index is -2.90. The Balaban J connectivity index is 1.28. The van der Waals surface area contributed by atoms with Crippen molar-refractivity contribution in [3.63, 3.8) is 0 Å². The van der Waals surface area contributed by atoms with Crippen molar-refractivity contribution in [3.05, 3.63) is 136 Å². The Bertz CT molecular complexity index is 2000. The monoisotopic (exact) mass is 803 g/mol. The van der Waals surface area contributed by atoms with Crippen molar-refractivity contribution in [1.82, 2.24) is 0 Å². The number of ether oxygens (including phenoxy) is 1. The van der Waals surface area contributed by atoms with E-state index in [0.29, 0.717) is 25.3 Å². The molecule has 0 spiro atoms. The number of nitrogens with zero attached hydrogens (tertiary/aromatic N) is 1. The SMILES string of the molecule is CCC/C(=C\c1cc(Br)ccc1O)CC[C@H]1OC[C@H]2C1=C(CO[Si](c1ccccc1)(c1ccccc1)C(C)(C)C)C[C@H]1C(=O)N(c3ccccc3)C(=O)[C@H]12. The van der Waals surface area contributed by atoms with Crippen molar-refractivity contribution < 1.29 is 23.9 Å². The fraction of sp³-hybridized carbons (Fsp3) is 0.348. The number of hydrogen-bond acceptors (Lipinski definition) is 5. The van der Waals surface area contributed by atoms with E-state index in [9.17, 15) is 14.7 Å². The van der Waals surface area contributed by atoms with Gasteiger partial charge in [0.2, 0.25) is 11.8 Å². The van der Waals surface area contributed by atoms with Gasteiger partial charge in [-0.05, 0) is 82.6 Å². The van der Waals surface area contributed by atoms with Crippen molar-refractivity contribution in [3.8, 4) is 5.75 Å². The Morgan fingerprint density at radius 1 is 0.889 bits per heavy atom. The smallest absolute Gasteiger partial charge is 0.261 e. The number of fused-ring (bicyclic) bond motifs is 3. The van der Waals surface area contributed by atoms with Gasteiger partial charge in [0.25, 0.3) is 8.32 Å². The first-order chi connectivity index (χ1) is 26.0. The molecule has 280 valence electrons. The molecule has 1 N–H and O–H groups in total. The van der Waals surface area contributed by atoms with Crippen molar-refractivity contribution >= 4 is 58.2 Å². The first-order valence-corrected chi connectivity index (χ1v) is 21.9. The van der Waals surface area contributed by atoms with E-state index in [2.05, 4.69) is 98.2 Å². The molecule has 0 bridgehead atoms. The molecule has 2 aliphatic heterocycles. The highest BCUT2D eigenvalue weighted by Crippen LogP contribution is 2.51. The van der Waals surface area contributed by atoms with Crippen LogP contribution in [0.5, 0.6) is 5.75 Å². The lowest BCUT2D eigenvalue weighted by Gasteiger charge is -2.44. The number of phenols is 1. The van der Waals surface area contributed by atoms with E-state index in [1.807, 2.05) is 54.6 Å². The van der Waals surface area contributed by atoms with Crippen molar-refractivity contribution in [2.45, 2.75) is 70.9 Å². The van der Waals surface area contributed by atoms with Gasteiger partial charge in [0, 0.05) is 16.0 Å². The van der Waals surface area contributed by atoms with Crippen LogP contribution in [0.2, 0.25) is 5.04 Å². The average Bonchev–Trinajstić information content (AvgIpc) is 3.70. The standard InChI is InChI=1S/C46H50BrNO5Si/c1-5-15-31(26-32-27-34(47)23-24-40(32)49)22-25-41-42-33(28-38-43(39(42)30-52-41)45(51)48(44(38)50)35-16-9-6-10-17-35)29-53-54(46(2,3)4,36-18-11-7-12-19-36)37-20-13-8-14-21-37/h6-14,16-21,23-24,26-27,38-39,41,43,49H,5,15,22,25,28-30H2,1-4H3/b31-26+/t38-,39+,41-,43-/m1/s1. The summed E-state index contributed by atoms with van der Waals surface area (Å²) in [4.78, 5) is 30.0. The van der Waals surface area contributed by atoms with Crippen LogP contribution >= 0.6 is 15.9 Å². The van der Waals surface area contributed by atoms with Crippen LogP contribution in [0.4, 0.5) is 5.69 Å². The number of hydrogen-bond donors (Lipinski definition) is 1. The lowest BCUT2D eigenvalue weighted by Crippen LogP contribution is -2.66. The zero-order valence-electron chi connectivity index (χ0n) is 31.6. The van der Waals surface area contributed by atoms with Crippen LogP contribution in [-0.4, -0.2) is 44.6 Å². The van der Waals surface area contributed by atoms with Gasteiger partial charge in [0.1, 0.15) is 5.75 Å². The second kappa shape index (κ2) is 15.9. The fourth-order valence-electron chi connectivity index (χ4n) is 9.16. The molecule has 4 aromatic carbocycles. The van der Waals surface area contributed by atoms with Crippen LogP contribution < -0.4 is 15.3 Å². The molecule has 2 fully saturated rings. The highest BCUT2D eigenvalue weighted by atomic mass is 79.9. The molecule has 4 aromatic rings. The largest absolute Gasteiger partial charge is 0.507 e. The lowest BCUT2D eigenvalue weighted by molar-refractivity contribution is -0.122. The number of phenolic OH excluding ortho intramolecular Hbond substituents is 1. The van der Waals surface area contributed by atoms with Crippen LogP contribution in [0, 0.1) is 17.8 Å². The maximum absolute atomic E-state index is 14.3. The number of halogens is 1. The van der Waals surface area contributed by atoms with Gasteiger partial charge in [-0.1, -0.05) is 141 Å². The summed E-state index contributed by atoms with van der Waals surface area (Å²) in [5.74, 6) is -1.17. The predicted molar refractivity (Wildman–Crippen MR) is 222 cm³/mol. The Morgan fingerprint density at radius 2 is 1.52 bits per heavy atom. The Hall–Kier alpha value is -4.08. The molecule has 7 rings (SSSR count). The van der Waals surface area contributed by atoms with E-state index in [0.717, 1.165) is 46.9 Å². The number of para-hydroxylation sites is 1. The molecule has 0 saturated carbocycles. The summed E-state index contributed by atoms with van der Waals surface area (Å²) < 4.78 is 15.1. The third-order valence-corrected chi connectivity index (χ3v) is 17.0. The molecule has 8 heteroatoms. The lowest BCUT2D eigenvalue weighted by atomic mass is 9.69. The van der Waals surface area contributed by atoms with Gasteiger partial charge in [-0.15, -0.1) is 0 Å². The molecule has 6 nitrogen and oxygen atoms in total. The first-order valence-electron chi connectivity index (χ1n) is 19.2. The number of carbonyl (C=O) groups is 2. The Kier molecular flexibility index (Phi) is 11.3. The number of rotatable bonds is 12. The molecule has 54 heavy (non-hydrogen) atoms. The second-order valence-corrected chi connectivity index (χ2v) is 21.1. The summed E-state index contributed by atoms with van der Waals surface area (Å²) in [7, 11) is -2.90. The predicted octanol–water partition coefficient (Wildman–Crippen LogP) is 9.22. The Morgan fingerprint density at radius 3 is 2.13 bits per heavy atom. The van der Waals surface area contributed by atoms with Crippen LogP contribution in [0.3, 0.4) is 0 Å². The summed E-state index contributed by atoms with van der Waals surface area (Å²) in [6.07, 6.45) is 5.74. The van der Waals surface area contributed by atoms with E-state index >= 15 is 0 Å². The van der Waals surface area contributed by atoms with Gasteiger partial charge in [-0.3, -0.25) is 14.5 Å². The van der Waals surface area contributed by atoms with E-state index < -0.39 is 20.2 Å². The summed E-state index contributed by atoms with van der Waals surface area (Å²) in [6, 6.07) is 36.1. The number of allylic oxidation sites excluding steroid dienone is 1. The van der Waals surface area contributed by atoms with E-state index in [4.69, 9.17) is 9.16 Å². The summed E-state index contributed by atoms with van der Waals surface area (Å²) in [5.41, 5.74) is 4.88. The molecule has 3 aliphatic rings. The van der Waals surface area contributed by atoms with Gasteiger partial charge in [0.15, 0.2) is 0 Å².